The Balaban J connectivity index is 2.04. The minimum Gasteiger partial charge on any atom is -0.468 e. The summed E-state index contributed by atoms with van der Waals surface area (Å²) in [4.78, 5) is 14.7. The van der Waals surface area contributed by atoms with Crippen molar-refractivity contribution >= 4 is 5.97 Å². The highest BCUT2D eigenvalue weighted by molar-refractivity contribution is 5.81. The van der Waals surface area contributed by atoms with Crippen LogP contribution in [0.4, 0.5) is 0 Å². The summed E-state index contributed by atoms with van der Waals surface area (Å²) in [5.74, 6) is 0.584. The molecule has 0 bridgehead atoms. The highest BCUT2D eigenvalue weighted by Crippen LogP contribution is 2.39. The zero-order valence-corrected chi connectivity index (χ0v) is 12.7. The monoisotopic (exact) mass is 268 g/mol. The molecule has 0 aromatic heterocycles. The predicted molar refractivity (Wildman–Crippen MR) is 76.0 cm³/mol. The van der Waals surface area contributed by atoms with Crippen LogP contribution in [0, 0.1) is 5.92 Å². The number of hydrogen-bond donors (Lipinski definition) is 1. The molecule has 2 unspecified atom stereocenters. The van der Waals surface area contributed by atoms with Crippen LogP contribution in [-0.2, 0) is 9.53 Å². The summed E-state index contributed by atoms with van der Waals surface area (Å²) in [5.41, 5.74) is -0.455. The lowest BCUT2D eigenvalue weighted by atomic mass is 9.97. The van der Waals surface area contributed by atoms with Crippen LogP contribution in [-0.4, -0.2) is 49.2 Å². The summed E-state index contributed by atoms with van der Waals surface area (Å²) in [6.07, 6.45) is 5.53. The lowest BCUT2D eigenvalue weighted by Gasteiger charge is -2.32. The molecule has 2 rings (SSSR count). The molecule has 0 amide bonds. The van der Waals surface area contributed by atoms with Crippen molar-refractivity contribution in [2.45, 2.75) is 63.6 Å². The number of methoxy groups -OCH3 is 1. The van der Waals surface area contributed by atoms with E-state index in [-0.39, 0.29) is 5.97 Å². The second-order valence-electron chi connectivity index (χ2n) is 6.54. The Kier molecular flexibility index (Phi) is 4.51. The van der Waals surface area contributed by atoms with E-state index in [1.807, 2.05) is 7.05 Å². The van der Waals surface area contributed by atoms with Gasteiger partial charge < -0.3 is 10.1 Å². The van der Waals surface area contributed by atoms with E-state index in [2.05, 4.69) is 24.1 Å². The zero-order valence-electron chi connectivity index (χ0n) is 12.7. The number of ether oxygens (including phenoxy) is 1. The van der Waals surface area contributed by atoms with Crippen LogP contribution in [0.15, 0.2) is 0 Å². The van der Waals surface area contributed by atoms with Crippen LogP contribution in [0.2, 0.25) is 0 Å². The van der Waals surface area contributed by atoms with Gasteiger partial charge in [-0.3, -0.25) is 9.69 Å². The van der Waals surface area contributed by atoms with Gasteiger partial charge in [0.1, 0.15) is 5.54 Å². The average molecular weight is 268 g/mol. The maximum atomic E-state index is 12.0. The Morgan fingerprint density at radius 1 is 1.37 bits per heavy atom. The van der Waals surface area contributed by atoms with Crippen LogP contribution < -0.4 is 5.32 Å². The van der Waals surface area contributed by atoms with Gasteiger partial charge >= 0.3 is 5.97 Å². The topological polar surface area (TPSA) is 41.6 Å². The van der Waals surface area contributed by atoms with Crippen molar-refractivity contribution in [3.05, 3.63) is 0 Å². The molecule has 0 aromatic carbocycles. The first-order chi connectivity index (χ1) is 9.02. The van der Waals surface area contributed by atoms with Gasteiger partial charge in [-0.2, -0.15) is 0 Å². The highest BCUT2D eigenvalue weighted by Gasteiger charge is 2.48. The van der Waals surface area contributed by atoms with Crippen molar-refractivity contribution in [2.24, 2.45) is 5.92 Å². The van der Waals surface area contributed by atoms with Crippen LogP contribution >= 0.6 is 0 Å². The number of esters is 1. The Bertz CT molecular complexity index is 328. The number of hydrogen-bond acceptors (Lipinski definition) is 4. The fourth-order valence-corrected chi connectivity index (χ4v) is 3.44. The second-order valence-corrected chi connectivity index (χ2v) is 6.54. The number of rotatable bonds is 6. The molecule has 4 heteroatoms. The van der Waals surface area contributed by atoms with Gasteiger partial charge in [0.15, 0.2) is 0 Å². The predicted octanol–water partition coefficient (Wildman–Crippen LogP) is 1.79. The number of nitrogens with zero attached hydrogens (tertiary/aromatic N) is 1. The lowest BCUT2D eigenvalue weighted by Crippen LogP contribution is -2.50. The summed E-state index contributed by atoms with van der Waals surface area (Å²) in [6, 6.07) is 1.29. The maximum Gasteiger partial charge on any atom is 0.326 e. The minimum absolute atomic E-state index is 0.0993. The van der Waals surface area contributed by atoms with Crippen molar-refractivity contribution in [1.29, 1.82) is 0 Å². The van der Waals surface area contributed by atoms with E-state index in [0.29, 0.717) is 12.0 Å². The standard InChI is InChI=1S/C15H28N2O2/c1-11(2)10-17(12-5-6-12)13-7-8-15(9-13,16-3)14(18)19-4/h11-13,16H,5-10H2,1-4H3. The Morgan fingerprint density at radius 3 is 2.53 bits per heavy atom. The second kappa shape index (κ2) is 5.80. The Morgan fingerprint density at radius 2 is 2.05 bits per heavy atom. The molecule has 0 aliphatic heterocycles. The van der Waals surface area contributed by atoms with Gasteiger partial charge in [-0.1, -0.05) is 13.8 Å². The molecular weight excluding hydrogens is 240 g/mol. The molecule has 4 nitrogen and oxygen atoms in total. The molecule has 2 saturated carbocycles. The van der Waals surface area contributed by atoms with Gasteiger partial charge in [-0.25, -0.2) is 0 Å². The summed E-state index contributed by atoms with van der Waals surface area (Å²) in [6.45, 7) is 5.70. The van der Waals surface area contributed by atoms with Gasteiger partial charge in [-0.15, -0.1) is 0 Å². The van der Waals surface area contributed by atoms with Crippen molar-refractivity contribution < 1.29 is 9.53 Å². The first-order valence-electron chi connectivity index (χ1n) is 7.55. The van der Waals surface area contributed by atoms with E-state index in [1.165, 1.54) is 20.0 Å². The third-order valence-electron chi connectivity index (χ3n) is 4.60. The maximum absolute atomic E-state index is 12.0. The molecular formula is C15H28N2O2. The van der Waals surface area contributed by atoms with Gasteiger partial charge in [0.2, 0.25) is 0 Å². The van der Waals surface area contributed by atoms with Gasteiger partial charge in [0, 0.05) is 18.6 Å². The Labute approximate surface area is 116 Å². The summed E-state index contributed by atoms with van der Waals surface area (Å²) >= 11 is 0. The number of nitrogens with one attached hydrogen (secondary N) is 1. The van der Waals surface area contributed by atoms with Gasteiger partial charge in [0.05, 0.1) is 7.11 Å². The first-order valence-corrected chi connectivity index (χ1v) is 7.55. The SMILES string of the molecule is CNC1(C(=O)OC)CCC(N(CC(C)C)C2CC2)C1. The third-order valence-corrected chi connectivity index (χ3v) is 4.60. The van der Waals surface area contributed by atoms with E-state index in [0.717, 1.165) is 31.8 Å². The molecule has 2 fully saturated rings. The Hall–Kier alpha value is -0.610. The summed E-state index contributed by atoms with van der Waals surface area (Å²) in [7, 11) is 3.37. The number of carbonyl (C=O) groups excluding carboxylic acids is 1. The molecule has 0 heterocycles. The van der Waals surface area contributed by atoms with Crippen LogP contribution in [0.25, 0.3) is 0 Å². The molecule has 110 valence electrons. The molecule has 0 radical (unpaired) electrons. The van der Waals surface area contributed by atoms with E-state index in [4.69, 9.17) is 4.74 Å². The highest BCUT2D eigenvalue weighted by atomic mass is 16.5. The fourth-order valence-electron chi connectivity index (χ4n) is 3.44. The van der Waals surface area contributed by atoms with Crippen molar-refractivity contribution in [2.75, 3.05) is 20.7 Å². The molecule has 19 heavy (non-hydrogen) atoms. The zero-order chi connectivity index (χ0) is 14.0. The summed E-state index contributed by atoms with van der Waals surface area (Å²) in [5, 5.41) is 3.22. The van der Waals surface area contributed by atoms with E-state index >= 15 is 0 Å². The number of likely N-dealkylation sites (N-methyl/N-ethyl adjacent to an activating group) is 1. The summed E-state index contributed by atoms with van der Waals surface area (Å²) < 4.78 is 4.99. The average Bonchev–Trinajstić information content (AvgIpc) is 3.14. The van der Waals surface area contributed by atoms with Crippen LogP contribution in [0.1, 0.15) is 46.0 Å². The van der Waals surface area contributed by atoms with Crippen molar-refractivity contribution in [1.82, 2.24) is 10.2 Å². The lowest BCUT2D eigenvalue weighted by molar-refractivity contribution is -0.148. The molecule has 2 atom stereocenters. The normalized spacial score (nSPS) is 31.2. The smallest absolute Gasteiger partial charge is 0.326 e. The molecule has 2 aliphatic carbocycles. The van der Waals surface area contributed by atoms with E-state index < -0.39 is 5.54 Å². The van der Waals surface area contributed by atoms with Gasteiger partial charge in [-0.05, 0) is 45.1 Å². The molecule has 2 aliphatic rings. The van der Waals surface area contributed by atoms with E-state index in [9.17, 15) is 4.79 Å². The van der Waals surface area contributed by atoms with Crippen molar-refractivity contribution in [3.63, 3.8) is 0 Å². The number of carbonyl (C=O) groups is 1. The van der Waals surface area contributed by atoms with Crippen LogP contribution in [0.5, 0.6) is 0 Å². The molecule has 0 aromatic rings. The molecule has 0 saturated heterocycles. The molecule has 1 N–H and O–H groups in total. The van der Waals surface area contributed by atoms with E-state index in [1.54, 1.807) is 0 Å². The fraction of sp³-hybridized carbons (Fsp3) is 0.933. The quantitative estimate of drug-likeness (QED) is 0.746. The van der Waals surface area contributed by atoms with Gasteiger partial charge in [0.25, 0.3) is 0 Å². The van der Waals surface area contributed by atoms with Crippen molar-refractivity contribution in [3.8, 4) is 0 Å². The largest absolute Gasteiger partial charge is 0.468 e. The first kappa shape index (κ1) is 14.8. The molecule has 0 spiro atoms. The van der Waals surface area contributed by atoms with Crippen LogP contribution in [0.3, 0.4) is 0 Å². The minimum atomic E-state index is -0.455. The third kappa shape index (κ3) is 3.11.